The number of imidazole rings is 1. The van der Waals surface area contributed by atoms with Crippen molar-refractivity contribution in [1.82, 2.24) is 14.5 Å². The molecule has 0 unspecified atom stereocenters. The van der Waals surface area contributed by atoms with Gasteiger partial charge in [-0.05, 0) is 13.8 Å². The molecule has 1 rings (SSSR count). The first-order chi connectivity index (χ1) is 7.16. The Labute approximate surface area is 89.9 Å². The topological polar surface area (TPSA) is 39.0 Å². The molecule has 1 N–H and O–H groups in total. The summed E-state index contributed by atoms with van der Waals surface area (Å²) in [5.41, 5.74) is 0.0347. The summed E-state index contributed by atoms with van der Waals surface area (Å²) < 4.78 is 3.39. The van der Waals surface area contributed by atoms with Gasteiger partial charge in [-0.25, -0.2) is 4.79 Å². The Kier molecular flexibility index (Phi) is 4.19. The number of terminal acetylenes is 1. The van der Waals surface area contributed by atoms with Gasteiger partial charge < -0.3 is 5.32 Å². The second-order valence-corrected chi connectivity index (χ2v) is 3.66. The van der Waals surface area contributed by atoms with E-state index in [1.807, 2.05) is 20.0 Å². The fraction of sp³-hybridized carbons (Fsp3) is 0.545. The van der Waals surface area contributed by atoms with Crippen LogP contribution in [0.2, 0.25) is 0 Å². The summed E-state index contributed by atoms with van der Waals surface area (Å²) in [6.45, 7) is 5.89. The van der Waals surface area contributed by atoms with E-state index in [0.29, 0.717) is 19.6 Å². The molecule has 0 saturated carbocycles. The van der Waals surface area contributed by atoms with E-state index >= 15 is 0 Å². The molecule has 82 valence electrons. The SMILES string of the molecule is C#CCNCCn1ccn(C(C)C)c1=O. The van der Waals surface area contributed by atoms with Gasteiger partial charge in [0.25, 0.3) is 0 Å². The maximum atomic E-state index is 11.7. The molecule has 0 bridgehead atoms. The molecule has 0 aliphatic rings. The third kappa shape index (κ3) is 3.00. The van der Waals surface area contributed by atoms with Crippen LogP contribution in [-0.2, 0) is 6.54 Å². The summed E-state index contributed by atoms with van der Waals surface area (Å²) in [6, 6.07) is 0.206. The maximum absolute atomic E-state index is 11.7. The molecule has 0 aliphatic heterocycles. The Morgan fingerprint density at radius 3 is 2.80 bits per heavy atom. The number of hydrogen-bond donors (Lipinski definition) is 1. The van der Waals surface area contributed by atoms with Gasteiger partial charge in [-0.2, -0.15) is 0 Å². The minimum Gasteiger partial charge on any atom is -0.304 e. The lowest BCUT2D eigenvalue weighted by Gasteiger charge is -2.05. The van der Waals surface area contributed by atoms with Gasteiger partial charge in [0, 0.05) is 31.5 Å². The zero-order chi connectivity index (χ0) is 11.3. The van der Waals surface area contributed by atoms with E-state index in [2.05, 4.69) is 11.2 Å². The van der Waals surface area contributed by atoms with Gasteiger partial charge >= 0.3 is 5.69 Å². The molecular weight excluding hydrogens is 190 g/mol. The van der Waals surface area contributed by atoms with Crippen molar-refractivity contribution < 1.29 is 0 Å². The third-order valence-electron chi connectivity index (χ3n) is 2.19. The number of nitrogens with zero attached hydrogens (tertiary/aromatic N) is 2. The second-order valence-electron chi connectivity index (χ2n) is 3.66. The predicted molar refractivity (Wildman–Crippen MR) is 60.8 cm³/mol. The van der Waals surface area contributed by atoms with Gasteiger partial charge in [-0.3, -0.25) is 9.13 Å². The van der Waals surface area contributed by atoms with Crippen LogP contribution in [0.25, 0.3) is 0 Å². The number of aromatic nitrogens is 2. The number of nitrogens with one attached hydrogen (secondary N) is 1. The zero-order valence-corrected chi connectivity index (χ0v) is 9.23. The monoisotopic (exact) mass is 207 g/mol. The summed E-state index contributed by atoms with van der Waals surface area (Å²) in [5.74, 6) is 2.49. The molecule has 0 aromatic carbocycles. The highest BCUT2D eigenvalue weighted by Crippen LogP contribution is 1.98. The predicted octanol–water partition coefficient (Wildman–Crippen LogP) is 0.453. The summed E-state index contributed by atoms with van der Waals surface area (Å²) in [6.07, 6.45) is 8.72. The first kappa shape index (κ1) is 11.6. The molecular formula is C11H17N3O. The van der Waals surface area contributed by atoms with Crippen molar-refractivity contribution in [1.29, 1.82) is 0 Å². The van der Waals surface area contributed by atoms with E-state index in [-0.39, 0.29) is 11.7 Å². The summed E-state index contributed by atoms with van der Waals surface area (Å²) in [7, 11) is 0. The van der Waals surface area contributed by atoms with Gasteiger partial charge in [0.2, 0.25) is 0 Å². The van der Waals surface area contributed by atoms with Crippen molar-refractivity contribution in [2.45, 2.75) is 26.4 Å². The van der Waals surface area contributed by atoms with Crippen LogP contribution < -0.4 is 11.0 Å². The lowest BCUT2D eigenvalue weighted by molar-refractivity contribution is 0.542. The molecule has 1 aromatic heterocycles. The number of rotatable bonds is 5. The molecule has 0 spiro atoms. The van der Waals surface area contributed by atoms with Crippen LogP contribution in [0.5, 0.6) is 0 Å². The molecule has 1 heterocycles. The van der Waals surface area contributed by atoms with Crippen LogP contribution >= 0.6 is 0 Å². The summed E-state index contributed by atoms with van der Waals surface area (Å²) in [5, 5.41) is 3.04. The van der Waals surface area contributed by atoms with Crippen LogP contribution in [0.4, 0.5) is 0 Å². The highest BCUT2D eigenvalue weighted by Gasteiger charge is 2.04. The molecule has 4 heteroatoms. The van der Waals surface area contributed by atoms with Crippen molar-refractivity contribution >= 4 is 0 Å². The number of hydrogen-bond acceptors (Lipinski definition) is 2. The minimum atomic E-state index is 0.0347. The zero-order valence-electron chi connectivity index (χ0n) is 9.23. The van der Waals surface area contributed by atoms with Crippen molar-refractivity contribution in [2.24, 2.45) is 0 Å². The molecule has 0 amide bonds. The lowest BCUT2D eigenvalue weighted by atomic mass is 10.4. The Bertz CT molecular complexity index is 395. The van der Waals surface area contributed by atoms with Crippen LogP contribution in [0.15, 0.2) is 17.2 Å². The normalized spacial score (nSPS) is 10.5. The third-order valence-corrected chi connectivity index (χ3v) is 2.19. The molecule has 15 heavy (non-hydrogen) atoms. The van der Waals surface area contributed by atoms with Gasteiger partial charge in [0.1, 0.15) is 0 Å². The van der Waals surface area contributed by atoms with Gasteiger partial charge in [0.05, 0.1) is 6.54 Å². The molecule has 0 saturated heterocycles. The van der Waals surface area contributed by atoms with Crippen molar-refractivity contribution in [3.63, 3.8) is 0 Å². The first-order valence-corrected chi connectivity index (χ1v) is 5.08. The Morgan fingerprint density at radius 1 is 1.53 bits per heavy atom. The van der Waals surface area contributed by atoms with Crippen molar-refractivity contribution in [2.75, 3.05) is 13.1 Å². The van der Waals surface area contributed by atoms with E-state index in [1.54, 1.807) is 15.3 Å². The van der Waals surface area contributed by atoms with E-state index in [1.165, 1.54) is 0 Å². The van der Waals surface area contributed by atoms with Crippen molar-refractivity contribution in [3.8, 4) is 12.3 Å². The summed E-state index contributed by atoms with van der Waals surface area (Å²) in [4.78, 5) is 11.7. The standard InChI is InChI=1S/C11H17N3O/c1-4-5-12-6-7-13-8-9-14(10(2)3)11(13)15/h1,8-10,12H,5-7H2,2-3H3. The summed E-state index contributed by atoms with van der Waals surface area (Å²) >= 11 is 0. The fourth-order valence-corrected chi connectivity index (χ4v) is 1.35. The van der Waals surface area contributed by atoms with Gasteiger partial charge in [-0.15, -0.1) is 6.42 Å². The van der Waals surface area contributed by atoms with E-state index in [4.69, 9.17) is 6.42 Å². The molecule has 0 aliphatic carbocycles. The van der Waals surface area contributed by atoms with Crippen LogP contribution in [-0.4, -0.2) is 22.2 Å². The van der Waals surface area contributed by atoms with Crippen molar-refractivity contribution in [3.05, 3.63) is 22.9 Å². The van der Waals surface area contributed by atoms with E-state index < -0.39 is 0 Å². The first-order valence-electron chi connectivity index (χ1n) is 5.08. The second kappa shape index (κ2) is 5.42. The van der Waals surface area contributed by atoms with Crippen LogP contribution in [0, 0.1) is 12.3 Å². The highest BCUT2D eigenvalue weighted by molar-refractivity contribution is 4.87. The van der Waals surface area contributed by atoms with Gasteiger partial charge in [0.15, 0.2) is 0 Å². The quantitative estimate of drug-likeness (QED) is 0.562. The molecule has 1 aromatic rings. The molecule has 4 nitrogen and oxygen atoms in total. The largest absolute Gasteiger partial charge is 0.328 e. The average molecular weight is 207 g/mol. The lowest BCUT2D eigenvalue weighted by Crippen LogP contribution is -2.29. The molecule has 0 atom stereocenters. The van der Waals surface area contributed by atoms with E-state index in [0.717, 1.165) is 0 Å². The van der Waals surface area contributed by atoms with E-state index in [9.17, 15) is 4.79 Å². The Balaban J connectivity index is 2.56. The maximum Gasteiger partial charge on any atom is 0.328 e. The Morgan fingerprint density at radius 2 is 2.27 bits per heavy atom. The Hall–Kier alpha value is -1.47. The van der Waals surface area contributed by atoms with Gasteiger partial charge in [-0.1, -0.05) is 5.92 Å². The average Bonchev–Trinajstić information content (AvgIpc) is 2.55. The molecule has 0 radical (unpaired) electrons. The van der Waals surface area contributed by atoms with Crippen LogP contribution in [0.3, 0.4) is 0 Å². The minimum absolute atomic E-state index is 0.0347. The fourth-order valence-electron chi connectivity index (χ4n) is 1.35. The molecule has 0 fully saturated rings. The smallest absolute Gasteiger partial charge is 0.304 e. The highest BCUT2D eigenvalue weighted by atomic mass is 16.1. The van der Waals surface area contributed by atoms with Crippen LogP contribution in [0.1, 0.15) is 19.9 Å².